The number of nitrogens with one attached hydrogen (secondary N) is 2. The van der Waals surface area contributed by atoms with Gasteiger partial charge >= 0.3 is 0 Å². The van der Waals surface area contributed by atoms with E-state index in [9.17, 15) is 0 Å². The molecule has 6 heteroatoms. The molecule has 0 heterocycles. The molecule has 1 rings (SSSR count). The summed E-state index contributed by atoms with van der Waals surface area (Å²) in [6.07, 6.45) is 1.10. The van der Waals surface area contributed by atoms with Crippen molar-refractivity contribution in [1.29, 1.82) is 0 Å². The minimum absolute atomic E-state index is 0.214. The molecule has 6 nitrogen and oxygen atoms in total. The Morgan fingerprint density at radius 2 is 1.96 bits per heavy atom. The van der Waals surface area contributed by atoms with E-state index in [1.165, 1.54) is 5.56 Å². The molecule has 148 valence electrons. The minimum atomic E-state index is 0.214. The third kappa shape index (κ3) is 8.54. The molecule has 0 fully saturated rings. The van der Waals surface area contributed by atoms with Crippen LogP contribution in [0.15, 0.2) is 29.3 Å². The van der Waals surface area contributed by atoms with Crippen LogP contribution < -0.4 is 15.4 Å². The van der Waals surface area contributed by atoms with E-state index in [0.29, 0.717) is 12.5 Å². The van der Waals surface area contributed by atoms with Gasteiger partial charge in [-0.05, 0) is 44.1 Å². The maximum absolute atomic E-state index is 5.63. The van der Waals surface area contributed by atoms with Gasteiger partial charge in [0.05, 0.1) is 19.8 Å². The number of ether oxygens (including phenoxy) is 2. The second-order valence-electron chi connectivity index (χ2n) is 6.93. The van der Waals surface area contributed by atoms with Crippen LogP contribution >= 0.6 is 0 Å². The maximum Gasteiger partial charge on any atom is 0.191 e. The highest BCUT2D eigenvalue weighted by Gasteiger charge is 2.15. The molecule has 1 aromatic rings. The van der Waals surface area contributed by atoms with E-state index in [2.05, 4.69) is 60.6 Å². The maximum atomic E-state index is 5.63. The van der Waals surface area contributed by atoms with Gasteiger partial charge in [0, 0.05) is 26.7 Å². The number of aliphatic imine (C=N–C) groups is 1. The van der Waals surface area contributed by atoms with E-state index in [1.807, 2.05) is 12.1 Å². The van der Waals surface area contributed by atoms with Crippen molar-refractivity contribution in [3.8, 4) is 5.75 Å². The number of methoxy groups -OCH3 is 1. The van der Waals surface area contributed by atoms with Gasteiger partial charge in [0.1, 0.15) is 5.75 Å². The Morgan fingerprint density at radius 1 is 1.19 bits per heavy atom. The molecule has 0 aromatic heterocycles. The molecule has 0 radical (unpaired) electrons. The zero-order valence-corrected chi connectivity index (χ0v) is 17.2. The fourth-order valence-electron chi connectivity index (χ4n) is 2.52. The fraction of sp³-hybridized carbons (Fsp3) is 0.650. The van der Waals surface area contributed by atoms with Gasteiger partial charge in [0.25, 0.3) is 0 Å². The average Bonchev–Trinajstić information content (AvgIpc) is 2.62. The molecular weight excluding hydrogens is 328 g/mol. The Labute approximate surface area is 159 Å². The predicted molar refractivity (Wildman–Crippen MR) is 109 cm³/mol. The van der Waals surface area contributed by atoms with Crippen LogP contribution in [0, 0.1) is 5.92 Å². The van der Waals surface area contributed by atoms with E-state index in [-0.39, 0.29) is 6.04 Å². The summed E-state index contributed by atoms with van der Waals surface area (Å²) >= 11 is 0. The Balaban J connectivity index is 2.46. The van der Waals surface area contributed by atoms with Crippen LogP contribution in [0.1, 0.15) is 31.9 Å². The van der Waals surface area contributed by atoms with Gasteiger partial charge in [-0.1, -0.05) is 26.0 Å². The molecule has 2 N–H and O–H groups in total. The second kappa shape index (κ2) is 12.5. The highest BCUT2D eigenvalue weighted by Crippen LogP contribution is 2.21. The fourth-order valence-corrected chi connectivity index (χ4v) is 2.52. The van der Waals surface area contributed by atoms with E-state index < -0.39 is 0 Å². The minimum Gasteiger partial charge on any atom is -0.497 e. The quantitative estimate of drug-likeness (QED) is 0.359. The van der Waals surface area contributed by atoms with Crippen LogP contribution in [0.2, 0.25) is 0 Å². The van der Waals surface area contributed by atoms with Crippen LogP contribution in [-0.2, 0) is 4.74 Å². The molecule has 0 spiro atoms. The lowest BCUT2D eigenvalue weighted by Crippen LogP contribution is -2.42. The number of rotatable bonds is 11. The number of benzene rings is 1. The summed E-state index contributed by atoms with van der Waals surface area (Å²) in [6.45, 7) is 7.38. The first kappa shape index (κ1) is 22.3. The van der Waals surface area contributed by atoms with Crippen LogP contribution in [-0.4, -0.2) is 65.4 Å². The molecule has 0 saturated heterocycles. The van der Waals surface area contributed by atoms with Gasteiger partial charge < -0.3 is 25.0 Å². The molecule has 0 aliphatic heterocycles. The molecule has 1 unspecified atom stereocenters. The van der Waals surface area contributed by atoms with E-state index in [0.717, 1.165) is 37.8 Å². The molecule has 0 aliphatic carbocycles. The van der Waals surface area contributed by atoms with E-state index in [1.54, 1.807) is 14.2 Å². The van der Waals surface area contributed by atoms with Crippen molar-refractivity contribution in [3.63, 3.8) is 0 Å². The van der Waals surface area contributed by atoms with Crippen LogP contribution in [0.3, 0.4) is 0 Å². The van der Waals surface area contributed by atoms with Crippen LogP contribution in [0.5, 0.6) is 5.75 Å². The first-order valence-electron chi connectivity index (χ1n) is 9.30. The predicted octanol–water partition coefficient (Wildman–Crippen LogP) is 2.53. The van der Waals surface area contributed by atoms with Crippen molar-refractivity contribution in [1.82, 2.24) is 15.5 Å². The SMILES string of the molecule is CN=C(NCCOCCC(C)C)NCC(c1cccc(OC)c1)N(C)C. The van der Waals surface area contributed by atoms with Gasteiger partial charge in [0.15, 0.2) is 5.96 Å². The summed E-state index contributed by atoms with van der Waals surface area (Å²) in [6, 6.07) is 8.39. The lowest BCUT2D eigenvalue weighted by Gasteiger charge is -2.26. The van der Waals surface area contributed by atoms with Crippen molar-refractivity contribution in [2.75, 3.05) is 54.6 Å². The summed E-state index contributed by atoms with van der Waals surface area (Å²) in [7, 11) is 7.62. The molecule has 1 atom stereocenters. The Hall–Kier alpha value is -1.79. The number of hydrogen-bond donors (Lipinski definition) is 2. The number of hydrogen-bond acceptors (Lipinski definition) is 4. The van der Waals surface area contributed by atoms with E-state index in [4.69, 9.17) is 9.47 Å². The van der Waals surface area contributed by atoms with Gasteiger partial charge in [-0.2, -0.15) is 0 Å². The third-order valence-electron chi connectivity index (χ3n) is 4.17. The van der Waals surface area contributed by atoms with E-state index >= 15 is 0 Å². The molecule has 0 amide bonds. The molecule has 0 saturated carbocycles. The third-order valence-corrected chi connectivity index (χ3v) is 4.17. The molecule has 0 aliphatic rings. The highest BCUT2D eigenvalue weighted by atomic mass is 16.5. The summed E-state index contributed by atoms with van der Waals surface area (Å²) in [4.78, 5) is 6.47. The summed E-state index contributed by atoms with van der Waals surface area (Å²) in [5, 5.41) is 6.69. The summed E-state index contributed by atoms with van der Waals surface area (Å²) in [5.74, 6) is 2.33. The zero-order valence-electron chi connectivity index (χ0n) is 17.2. The Kier molecular flexibility index (Phi) is 10.7. The molecule has 0 bridgehead atoms. The topological polar surface area (TPSA) is 58.1 Å². The van der Waals surface area contributed by atoms with Gasteiger partial charge in [0.2, 0.25) is 0 Å². The summed E-state index contributed by atoms with van der Waals surface area (Å²) in [5.41, 5.74) is 1.20. The first-order valence-corrected chi connectivity index (χ1v) is 9.30. The Morgan fingerprint density at radius 3 is 2.58 bits per heavy atom. The largest absolute Gasteiger partial charge is 0.497 e. The van der Waals surface area contributed by atoms with Crippen molar-refractivity contribution >= 4 is 5.96 Å². The van der Waals surface area contributed by atoms with Crippen molar-refractivity contribution in [3.05, 3.63) is 29.8 Å². The number of likely N-dealkylation sites (N-methyl/N-ethyl adjacent to an activating group) is 1. The number of guanidine groups is 1. The first-order chi connectivity index (χ1) is 12.5. The van der Waals surface area contributed by atoms with Crippen molar-refractivity contribution in [2.45, 2.75) is 26.3 Å². The molecule has 26 heavy (non-hydrogen) atoms. The van der Waals surface area contributed by atoms with Gasteiger partial charge in [-0.3, -0.25) is 4.99 Å². The Bertz CT molecular complexity index is 532. The van der Waals surface area contributed by atoms with Gasteiger partial charge in [-0.25, -0.2) is 0 Å². The number of nitrogens with zero attached hydrogens (tertiary/aromatic N) is 2. The smallest absolute Gasteiger partial charge is 0.191 e. The van der Waals surface area contributed by atoms with Gasteiger partial charge in [-0.15, -0.1) is 0 Å². The second-order valence-corrected chi connectivity index (χ2v) is 6.93. The molecule has 1 aromatic carbocycles. The van der Waals surface area contributed by atoms with Crippen molar-refractivity contribution < 1.29 is 9.47 Å². The highest BCUT2D eigenvalue weighted by molar-refractivity contribution is 5.79. The lowest BCUT2D eigenvalue weighted by molar-refractivity contribution is 0.128. The standard InChI is InChI=1S/C20H36N4O2/c1-16(2)10-12-26-13-11-22-20(21-3)23-15-19(24(4)5)17-8-7-9-18(14-17)25-6/h7-9,14,16,19H,10-13,15H2,1-6H3,(H2,21,22,23). The average molecular weight is 365 g/mol. The van der Waals surface area contributed by atoms with Crippen molar-refractivity contribution in [2.24, 2.45) is 10.9 Å². The normalized spacial score (nSPS) is 13.2. The van der Waals surface area contributed by atoms with Crippen LogP contribution in [0.4, 0.5) is 0 Å². The van der Waals surface area contributed by atoms with Crippen LogP contribution in [0.25, 0.3) is 0 Å². The lowest BCUT2D eigenvalue weighted by atomic mass is 10.1. The molecular formula is C20H36N4O2. The summed E-state index contributed by atoms with van der Waals surface area (Å²) < 4.78 is 11.0. The zero-order chi connectivity index (χ0) is 19.4. The monoisotopic (exact) mass is 364 g/mol.